The number of aromatic amines is 1. The molecule has 2 N–H and O–H groups in total. The second-order valence-corrected chi connectivity index (χ2v) is 4.94. The number of halogens is 1. The first kappa shape index (κ1) is 11.2. The summed E-state index contributed by atoms with van der Waals surface area (Å²) >= 11 is 7.40. The summed E-state index contributed by atoms with van der Waals surface area (Å²) in [7, 11) is 0. The molecule has 0 fully saturated rings. The van der Waals surface area contributed by atoms with E-state index in [9.17, 15) is 4.79 Å². The fourth-order valence-corrected chi connectivity index (χ4v) is 2.91. The van der Waals surface area contributed by atoms with E-state index < -0.39 is 5.97 Å². The summed E-state index contributed by atoms with van der Waals surface area (Å²) in [5.41, 5.74) is 1.11. The van der Waals surface area contributed by atoms with Gasteiger partial charge in [0, 0.05) is 0 Å². The smallest absolute Gasteiger partial charge is 0.356 e. The van der Waals surface area contributed by atoms with Gasteiger partial charge in [0.15, 0.2) is 5.69 Å². The second-order valence-electron chi connectivity index (χ2n) is 3.54. The largest absolute Gasteiger partial charge is 0.476 e. The molecule has 7 heteroatoms. The van der Waals surface area contributed by atoms with Gasteiger partial charge < -0.3 is 10.1 Å². The predicted molar refractivity (Wildman–Crippen MR) is 69.2 cm³/mol. The summed E-state index contributed by atoms with van der Waals surface area (Å²) in [4.78, 5) is 21.9. The van der Waals surface area contributed by atoms with Crippen LogP contribution in [0.15, 0.2) is 24.5 Å². The number of aromatic carboxylic acids is 1. The first-order valence-corrected chi connectivity index (χ1v) is 6.18. The predicted octanol–water partition coefficient (Wildman–Crippen LogP) is 3.04. The number of fused-ring (bicyclic) bond motifs is 1. The highest BCUT2D eigenvalue weighted by atomic mass is 35.5. The van der Waals surface area contributed by atoms with Gasteiger partial charge in [-0.3, -0.25) is 0 Å². The van der Waals surface area contributed by atoms with Crippen molar-refractivity contribution in [3.63, 3.8) is 0 Å². The van der Waals surface area contributed by atoms with Crippen molar-refractivity contribution >= 4 is 39.1 Å². The summed E-state index contributed by atoms with van der Waals surface area (Å²) in [6.45, 7) is 0. The van der Waals surface area contributed by atoms with E-state index in [0.29, 0.717) is 15.7 Å². The van der Waals surface area contributed by atoms with E-state index in [1.807, 2.05) is 6.07 Å². The van der Waals surface area contributed by atoms with E-state index in [1.54, 1.807) is 12.1 Å². The minimum atomic E-state index is -1.09. The molecular weight excluding hydrogens is 274 g/mol. The van der Waals surface area contributed by atoms with Crippen molar-refractivity contribution in [3.05, 3.63) is 35.2 Å². The number of rotatable bonds is 2. The Hall–Kier alpha value is -1.92. The molecule has 0 unspecified atom stereocenters. The van der Waals surface area contributed by atoms with Crippen LogP contribution in [0, 0.1) is 0 Å². The SMILES string of the molecule is O=C(O)c1nc[nH]c1-c1nc2cccc(Cl)c2s1. The molecule has 0 atom stereocenters. The molecule has 5 nitrogen and oxygen atoms in total. The molecule has 3 rings (SSSR count). The normalized spacial score (nSPS) is 10.9. The van der Waals surface area contributed by atoms with Crippen LogP contribution in [0.5, 0.6) is 0 Å². The van der Waals surface area contributed by atoms with Crippen LogP contribution in [0.2, 0.25) is 5.02 Å². The Kier molecular flexibility index (Phi) is 2.53. The van der Waals surface area contributed by atoms with Gasteiger partial charge in [0.1, 0.15) is 10.7 Å². The number of nitrogens with one attached hydrogen (secondary N) is 1. The molecule has 1 aromatic carbocycles. The molecule has 18 heavy (non-hydrogen) atoms. The number of benzene rings is 1. The Morgan fingerprint density at radius 2 is 2.28 bits per heavy atom. The highest BCUT2D eigenvalue weighted by Crippen LogP contribution is 2.34. The lowest BCUT2D eigenvalue weighted by Gasteiger charge is -1.92. The zero-order valence-corrected chi connectivity index (χ0v) is 10.4. The Morgan fingerprint density at radius 1 is 1.44 bits per heavy atom. The molecular formula is C11H6ClN3O2S. The Labute approximate surface area is 110 Å². The number of H-pyrrole nitrogens is 1. The van der Waals surface area contributed by atoms with Gasteiger partial charge in [-0.2, -0.15) is 0 Å². The van der Waals surface area contributed by atoms with E-state index in [0.717, 1.165) is 10.2 Å². The van der Waals surface area contributed by atoms with Gasteiger partial charge >= 0.3 is 5.97 Å². The molecule has 3 aromatic rings. The monoisotopic (exact) mass is 279 g/mol. The number of hydrogen-bond donors (Lipinski definition) is 2. The van der Waals surface area contributed by atoms with Gasteiger partial charge in [0.25, 0.3) is 0 Å². The van der Waals surface area contributed by atoms with Crippen LogP contribution in [0.25, 0.3) is 20.9 Å². The van der Waals surface area contributed by atoms with Gasteiger partial charge in [-0.1, -0.05) is 17.7 Å². The maximum absolute atomic E-state index is 11.0. The maximum Gasteiger partial charge on any atom is 0.356 e. The average molecular weight is 280 g/mol. The van der Waals surface area contributed by atoms with E-state index in [1.165, 1.54) is 17.7 Å². The standard InChI is InChI=1S/C11H6ClN3O2S/c12-5-2-1-3-6-9(5)18-10(15-6)7-8(11(16)17)14-4-13-7/h1-4H,(H,13,14)(H,16,17). The van der Waals surface area contributed by atoms with Crippen molar-refractivity contribution in [3.8, 4) is 10.7 Å². The molecule has 0 saturated carbocycles. The zero-order chi connectivity index (χ0) is 12.7. The maximum atomic E-state index is 11.0. The second kappa shape index (κ2) is 4.08. The van der Waals surface area contributed by atoms with Crippen molar-refractivity contribution in [1.29, 1.82) is 0 Å². The first-order valence-electron chi connectivity index (χ1n) is 4.99. The number of imidazole rings is 1. The topological polar surface area (TPSA) is 78.9 Å². The van der Waals surface area contributed by atoms with Gasteiger partial charge in [-0.05, 0) is 12.1 Å². The van der Waals surface area contributed by atoms with Crippen molar-refractivity contribution < 1.29 is 9.90 Å². The first-order chi connectivity index (χ1) is 8.66. The molecule has 2 heterocycles. The summed E-state index contributed by atoms with van der Waals surface area (Å²) in [5.74, 6) is -1.09. The summed E-state index contributed by atoms with van der Waals surface area (Å²) in [6, 6.07) is 5.41. The van der Waals surface area contributed by atoms with Gasteiger partial charge in [-0.15, -0.1) is 11.3 Å². The molecule has 2 aromatic heterocycles. The van der Waals surface area contributed by atoms with Crippen LogP contribution < -0.4 is 0 Å². The lowest BCUT2D eigenvalue weighted by molar-refractivity contribution is 0.0692. The minimum Gasteiger partial charge on any atom is -0.476 e. The number of carboxylic acids is 1. The highest BCUT2D eigenvalue weighted by Gasteiger charge is 2.18. The number of carboxylic acid groups (broad SMARTS) is 1. The van der Waals surface area contributed by atoms with Crippen LogP contribution in [0.4, 0.5) is 0 Å². The third-order valence-corrected chi connectivity index (χ3v) is 3.97. The van der Waals surface area contributed by atoms with Crippen molar-refractivity contribution in [1.82, 2.24) is 15.0 Å². The molecule has 0 saturated heterocycles. The van der Waals surface area contributed by atoms with Crippen molar-refractivity contribution in [2.45, 2.75) is 0 Å². The number of carbonyl (C=O) groups is 1. The molecule has 0 radical (unpaired) electrons. The fourth-order valence-electron chi connectivity index (χ4n) is 1.64. The molecule has 0 amide bonds. The summed E-state index contributed by atoms with van der Waals surface area (Å²) in [6.07, 6.45) is 1.34. The molecule has 90 valence electrons. The fraction of sp³-hybridized carbons (Fsp3) is 0. The Bertz CT molecular complexity index is 750. The third kappa shape index (κ3) is 1.66. The Morgan fingerprint density at radius 3 is 3.00 bits per heavy atom. The third-order valence-electron chi connectivity index (χ3n) is 2.42. The van der Waals surface area contributed by atoms with E-state index >= 15 is 0 Å². The van der Waals surface area contributed by atoms with E-state index in [2.05, 4.69) is 15.0 Å². The lowest BCUT2D eigenvalue weighted by atomic mass is 10.3. The molecule has 0 aliphatic rings. The molecule has 0 aliphatic heterocycles. The quantitative estimate of drug-likeness (QED) is 0.756. The van der Waals surface area contributed by atoms with Crippen LogP contribution in [-0.4, -0.2) is 26.0 Å². The van der Waals surface area contributed by atoms with Gasteiger partial charge in [0.2, 0.25) is 0 Å². The molecule has 0 aliphatic carbocycles. The minimum absolute atomic E-state index is 0.0369. The highest BCUT2D eigenvalue weighted by molar-refractivity contribution is 7.22. The molecule has 0 bridgehead atoms. The van der Waals surface area contributed by atoms with E-state index in [-0.39, 0.29) is 5.69 Å². The summed E-state index contributed by atoms with van der Waals surface area (Å²) in [5, 5.41) is 10.2. The van der Waals surface area contributed by atoms with Crippen LogP contribution in [0.1, 0.15) is 10.5 Å². The number of thiazole rings is 1. The number of aromatic nitrogens is 3. The average Bonchev–Trinajstić information content (AvgIpc) is 2.95. The number of nitrogens with zero attached hydrogens (tertiary/aromatic N) is 2. The van der Waals surface area contributed by atoms with E-state index in [4.69, 9.17) is 16.7 Å². The van der Waals surface area contributed by atoms with Crippen LogP contribution in [0.3, 0.4) is 0 Å². The van der Waals surface area contributed by atoms with Crippen LogP contribution >= 0.6 is 22.9 Å². The molecule has 0 spiro atoms. The zero-order valence-electron chi connectivity index (χ0n) is 8.85. The van der Waals surface area contributed by atoms with Crippen molar-refractivity contribution in [2.75, 3.05) is 0 Å². The Balaban J connectivity index is 2.23. The van der Waals surface area contributed by atoms with Crippen molar-refractivity contribution in [2.24, 2.45) is 0 Å². The summed E-state index contributed by atoms with van der Waals surface area (Å²) < 4.78 is 0.833. The lowest BCUT2D eigenvalue weighted by Crippen LogP contribution is -1.98. The van der Waals surface area contributed by atoms with Gasteiger partial charge in [0.05, 0.1) is 21.6 Å². The number of hydrogen-bond acceptors (Lipinski definition) is 4. The van der Waals surface area contributed by atoms with Crippen LogP contribution in [-0.2, 0) is 0 Å². The van der Waals surface area contributed by atoms with Gasteiger partial charge in [-0.25, -0.2) is 14.8 Å².